The lowest BCUT2D eigenvalue weighted by Crippen LogP contribution is -2.53. The predicted octanol–water partition coefficient (Wildman–Crippen LogP) is 2.12. The Labute approximate surface area is 277 Å². The van der Waals surface area contributed by atoms with E-state index in [9.17, 15) is 37.1 Å². The monoisotopic (exact) mass is 694 g/mol. The van der Waals surface area contributed by atoms with Gasteiger partial charge in [0.05, 0.1) is 19.5 Å². The van der Waals surface area contributed by atoms with Gasteiger partial charge in [0.15, 0.2) is 18.1 Å². The number of halogens is 3. The molecule has 1 fully saturated rings. The molecule has 15 nitrogen and oxygen atoms in total. The second-order valence-corrected chi connectivity index (χ2v) is 11.6. The van der Waals surface area contributed by atoms with E-state index in [1.807, 2.05) is 19.9 Å². The average molecular weight is 695 g/mol. The second kappa shape index (κ2) is 16.6. The Hall–Kier alpha value is -5.42. The Morgan fingerprint density at radius 3 is 2.39 bits per heavy atom. The maximum absolute atomic E-state index is 13.5. The van der Waals surface area contributed by atoms with Gasteiger partial charge in [-0.3, -0.25) is 19.2 Å². The first-order chi connectivity index (χ1) is 23.0. The maximum atomic E-state index is 13.5. The molecule has 0 radical (unpaired) electrons. The van der Waals surface area contributed by atoms with Gasteiger partial charge in [-0.2, -0.15) is 13.2 Å². The summed E-state index contributed by atoms with van der Waals surface area (Å²) in [6, 6.07) is 4.94. The fourth-order valence-electron chi connectivity index (χ4n) is 4.89. The number of carboxylic acids is 1. The van der Waals surface area contributed by atoms with Gasteiger partial charge in [0.1, 0.15) is 17.5 Å². The number of H-pyrrole nitrogens is 1. The largest absolute Gasteiger partial charge is 0.496 e. The second-order valence-electron chi connectivity index (χ2n) is 11.6. The highest BCUT2D eigenvalue weighted by Gasteiger charge is 2.38. The molecule has 5 N–H and O–H groups in total. The number of nitrogens with zero attached hydrogens (tertiary/aromatic N) is 2. The van der Waals surface area contributed by atoms with Crippen LogP contribution in [0.2, 0.25) is 0 Å². The third-order valence-corrected chi connectivity index (χ3v) is 7.31. The van der Waals surface area contributed by atoms with Crippen molar-refractivity contribution < 1.29 is 56.5 Å². The number of fused-ring (bicyclic) bond motifs is 1. The zero-order chi connectivity index (χ0) is 36.5. The van der Waals surface area contributed by atoms with Crippen LogP contribution < -0.4 is 20.7 Å². The summed E-state index contributed by atoms with van der Waals surface area (Å²) in [6.45, 7) is 3.66. The van der Waals surface area contributed by atoms with Gasteiger partial charge in [-0.1, -0.05) is 19.9 Å². The molecule has 1 saturated heterocycles. The van der Waals surface area contributed by atoms with Gasteiger partial charge in [-0.15, -0.1) is 0 Å². The van der Waals surface area contributed by atoms with Crippen LogP contribution >= 0.6 is 0 Å². The van der Waals surface area contributed by atoms with Crippen LogP contribution in [-0.4, -0.2) is 93.6 Å². The molecule has 18 heteroatoms. The van der Waals surface area contributed by atoms with E-state index in [0.717, 1.165) is 5.39 Å². The number of aromatic amines is 1. The van der Waals surface area contributed by atoms with Crippen LogP contribution in [0.4, 0.5) is 13.2 Å². The Morgan fingerprint density at radius 1 is 1.14 bits per heavy atom. The Bertz CT molecular complexity index is 1680. The van der Waals surface area contributed by atoms with E-state index in [-0.39, 0.29) is 29.6 Å². The number of methoxy groups -OCH3 is 1. The van der Waals surface area contributed by atoms with Crippen molar-refractivity contribution in [3.63, 3.8) is 0 Å². The molecule has 0 bridgehead atoms. The molecular formula is C31H37F3N6O9. The number of Topliss-reactive ketones (excluding diaryl/α,β-unsaturated/α-hetero) is 1. The number of imidazole rings is 1. The summed E-state index contributed by atoms with van der Waals surface area (Å²) in [7, 11) is 3.23. The number of aliphatic carboxylic acids is 1. The summed E-state index contributed by atoms with van der Waals surface area (Å²) >= 11 is 0. The molecule has 0 saturated carbocycles. The Balaban J connectivity index is 0.000000838. The van der Waals surface area contributed by atoms with Crippen LogP contribution in [0, 0.1) is 11.8 Å². The number of aryl methyl sites for hydroxylation is 1. The van der Waals surface area contributed by atoms with Crippen molar-refractivity contribution in [3.05, 3.63) is 48.2 Å². The lowest BCUT2D eigenvalue weighted by Gasteiger charge is -2.25. The van der Waals surface area contributed by atoms with E-state index < -0.39 is 60.3 Å². The van der Waals surface area contributed by atoms with Crippen LogP contribution in [0.1, 0.15) is 54.1 Å². The molecule has 266 valence electrons. The van der Waals surface area contributed by atoms with Gasteiger partial charge in [0.25, 0.3) is 5.91 Å². The van der Waals surface area contributed by atoms with E-state index in [1.165, 1.54) is 19.6 Å². The first kappa shape index (κ1) is 38.0. The molecule has 3 atom stereocenters. The number of benzene rings is 1. The number of hydrogen-bond donors (Lipinski definition) is 5. The lowest BCUT2D eigenvalue weighted by molar-refractivity contribution is -0.192. The fourth-order valence-corrected chi connectivity index (χ4v) is 4.89. The third kappa shape index (κ3) is 10.8. The van der Waals surface area contributed by atoms with Crippen molar-refractivity contribution in [2.24, 2.45) is 18.9 Å². The highest BCUT2D eigenvalue weighted by Crippen LogP contribution is 2.26. The van der Waals surface area contributed by atoms with E-state index in [1.54, 1.807) is 29.8 Å². The van der Waals surface area contributed by atoms with E-state index in [0.29, 0.717) is 30.7 Å². The summed E-state index contributed by atoms with van der Waals surface area (Å²) in [5, 5.41) is 16.1. The smallest absolute Gasteiger partial charge is 0.490 e. The first-order valence-electron chi connectivity index (χ1n) is 15.0. The molecule has 0 spiro atoms. The minimum absolute atomic E-state index is 0.0259. The summed E-state index contributed by atoms with van der Waals surface area (Å²) in [5.41, 5.74) is 0.980. The average Bonchev–Trinajstić information content (AvgIpc) is 3.78. The molecule has 3 aromatic rings. The lowest BCUT2D eigenvalue weighted by atomic mass is 9.95. The van der Waals surface area contributed by atoms with Crippen LogP contribution in [0.15, 0.2) is 36.8 Å². The molecule has 0 unspecified atom stereocenters. The standard InChI is InChI=1S/C29H36N6O7.C2HF3O2/c1-16(2)10-21(34-28(39)22-12-18-19(32-22)6-5-7-25(18)41-4)27(38)33-20(11-17-8-9-30-26(17)37)24(36)14-42-29(40)23-13-35(3)15-31-23;3-2(4,5)1(6)7/h5-7,12-13,15-17,20-21,32H,8-11,14H2,1-4H3,(H,30,37)(H,33,38)(H,34,39);(H,6,7)/t17-,20-,21-;/m0./s1. The number of carboxylic acid groups (broad SMARTS) is 1. The van der Waals surface area contributed by atoms with Gasteiger partial charge in [-0.05, 0) is 43.4 Å². The molecule has 49 heavy (non-hydrogen) atoms. The van der Waals surface area contributed by atoms with Gasteiger partial charge in [0, 0.05) is 36.6 Å². The molecule has 1 aromatic carbocycles. The van der Waals surface area contributed by atoms with Crippen molar-refractivity contribution in [3.8, 4) is 5.75 Å². The number of rotatable bonds is 13. The van der Waals surface area contributed by atoms with Crippen molar-refractivity contribution in [1.82, 2.24) is 30.5 Å². The zero-order valence-corrected chi connectivity index (χ0v) is 27.1. The third-order valence-electron chi connectivity index (χ3n) is 7.31. The van der Waals surface area contributed by atoms with Gasteiger partial charge in [0.2, 0.25) is 11.8 Å². The van der Waals surface area contributed by atoms with E-state index >= 15 is 0 Å². The number of aromatic nitrogens is 3. The van der Waals surface area contributed by atoms with Crippen LogP contribution in [0.3, 0.4) is 0 Å². The summed E-state index contributed by atoms with van der Waals surface area (Å²) in [6.07, 6.45) is -1.38. The van der Waals surface area contributed by atoms with Crippen molar-refractivity contribution in [1.29, 1.82) is 0 Å². The minimum Gasteiger partial charge on any atom is -0.496 e. The van der Waals surface area contributed by atoms with Gasteiger partial charge in [-0.25, -0.2) is 14.6 Å². The molecule has 4 rings (SSSR count). The molecule has 1 aliphatic heterocycles. The number of alkyl halides is 3. The van der Waals surface area contributed by atoms with Gasteiger partial charge >= 0.3 is 18.1 Å². The number of carbonyl (C=O) groups excluding carboxylic acids is 5. The van der Waals surface area contributed by atoms with Crippen molar-refractivity contribution in [2.45, 2.75) is 51.4 Å². The Kier molecular flexibility index (Phi) is 12.9. The number of hydrogen-bond acceptors (Lipinski definition) is 9. The summed E-state index contributed by atoms with van der Waals surface area (Å²) in [5.74, 6) is -5.29. The van der Waals surface area contributed by atoms with Crippen molar-refractivity contribution in [2.75, 3.05) is 20.3 Å². The predicted molar refractivity (Wildman–Crippen MR) is 165 cm³/mol. The molecule has 3 heterocycles. The molecular weight excluding hydrogens is 657 g/mol. The summed E-state index contributed by atoms with van der Waals surface area (Å²) < 4.78 is 43.8. The summed E-state index contributed by atoms with van der Waals surface area (Å²) in [4.78, 5) is 80.4. The number of esters is 1. The van der Waals surface area contributed by atoms with Gasteiger partial charge < -0.3 is 40.1 Å². The quantitative estimate of drug-likeness (QED) is 0.165. The molecule has 0 aliphatic carbocycles. The number of nitrogens with one attached hydrogen (secondary N) is 4. The number of ether oxygens (including phenoxy) is 2. The highest BCUT2D eigenvalue weighted by molar-refractivity contribution is 6.02. The topological polar surface area (TPSA) is 211 Å². The zero-order valence-electron chi connectivity index (χ0n) is 27.1. The SMILES string of the molecule is COc1cccc2[nH]c(C(=O)N[C@@H](CC(C)C)C(=O)N[C@@H](C[C@@H]3CCNC3=O)C(=O)COC(=O)c3cn(C)cn3)cc12.O=C(O)C(F)(F)F. The highest BCUT2D eigenvalue weighted by atomic mass is 19.4. The molecule has 2 aromatic heterocycles. The fraction of sp³-hybridized carbons (Fsp3) is 0.452. The number of ketones is 1. The van der Waals surface area contributed by atoms with Crippen LogP contribution in [-0.2, 0) is 31.0 Å². The normalized spacial score (nSPS) is 15.4. The van der Waals surface area contributed by atoms with Crippen LogP contribution in [0.25, 0.3) is 10.9 Å². The number of amides is 3. The van der Waals surface area contributed by atoms with E-state index in [4.69, 9.17) is 19.4 Å². The maximum Gasteiger partial charge on any atom is 0.490 e. The number of carbonyl (C=O) groups is 6. The Morgan fingerprint density at radius 2 is 1.84 bits per heavy atom. The van der Waals surface area contributed by atoms with Crippen molar-refractivity contribution >= 4 is 46.3 Å². The molecule has 3 amide bonds. The molecule has 1 aliphatic rings. The first-order valence-corrected chi connectivity index (χ1v) is 15.0. The minimum atomic E-state index is -5.08. The van der Waals surface area contributed by atoms with Crippen LogP contribution in [0.5, 0.6) is 5.75 Å². The van der Waals surface area contributed by atoms with E-state index in [2.05, 4.69) is 25.9 Å².